The van der Waals surface area contributed by atoms with E-state index in [1.54, 1.807) is 19.1 Å². The molecule has 1 atom stereocenters. The molecule has 0 aliphatic rings. The molecule has 2 aromatic rings. The van der Waals surface area contributed by atoms with Gasteiger partial charge in [0.25, 0.3) is 0 Å². The largest absolute Gasteiger partial charge is 0.478 e. The van der Waals surface area contributed by atoms with E-state index in [0.29, 0.717) is 5.76 Å². The third-order valence-corrected chi connectivity index (χ3v) is 5.03. The SMILES string of the molecule is Cc1c(C(=O)O)cc(Cl)cc1S(=O)(=O)NC(C)c1ccco1. The van der Waals surface area contributed by atoms with E-state index in [4.69, 9.17) is 21.1 Å². The van der Waals surface area contributed by atoms with Gasteiger partial charge >= 0.3 is 5.97 Å². The van der Waals surface area contributed by atoms with Crippen LogP contribution in [0.2, 0.25) is 5.02 Å². The number of benzene rings is 1. The summed E-state index contributed by atoms with van der Waals surface area (Å²) in [6.07, 6.45) is 1.44. The highest BCUT2D eigenvalue weighted by atomic mass is 35.5. The minimum Gasteiger partial charge on any atom is -0.478 e. The van der Waals surface area contributed by atoms with E-state index < -0.39 is 22.0 Å². The Hall–Kier alpha value is -1.83. The number of carboxylic acids is 1. The van der Waals surface area contributed by atoms with E-state index in [2.05, 4.69) is 4.72 Å². The Balaban J connectivity index is 2.44. The van der Waals surface area contributed by atoms with Crippen LogP contribution in [0.25, 0.3) is 0 Å². The van der Waals surface area contributed by atoms with E-state index in [0.717, 1.165) is 0 Å². The summed E-state index contributed by atoms with van der Waals surface area (Å²) >= 11 is 5.83. The van der Waals surface area contributed by atoms with Crippen molar-refractivity contribution in [1.29, 1.82) is 0 Å². The average molecular weight is 344 g/mol. The minimum absolute atomic E-state index is 0.0361. The molecule has 1 aromatic carbocycles. The molecule has 0 fully saturated rings. The summed E-state index contributed by atoms with van der Waals surface area (Å²) in [6.45, 7) is 3.04. The summed E-state index contributed by atoms with van der Waals surface area (Å²) in [5, 5.41) is 9.16. The number of furan rings is 1. The fourth-order valence-corrected chi connectivity index (χ4v) is 3.83. The molecule has 0 saturated heterocycles. The fraction of sp³-hybridized carbons (Fsp3) is 0.214. The van der Waals surface area contributed by atoms with Crippen LogP contribution in [0.3, 0.4) is 0 Å². The monoisotopic (exact) mass is 343 g/mol. The lowest BCUT2D eigenvalue weighted by Crippen LogP contribution is -2.27. The van der Waals surface area contributed by atoms with Gasteiger partial charge in [-0.3, -0.25) is 0 Å². The number of hydrogen-bond acceptors (Lipinski definition) is 4. The van der Waals surface area contributed by atoms with Crippen molar-refractivity contribution in [3.05, 3.63) is 52.4 Å². The van der Waals surface area contributed by atoms with Crippen LogP contribution in [0, 0.1) is 6.92 Å². The predicted molar refractivity (Wildman–Crippen MR) is 80.6 cm³/mol. The van der Waals surface area contributed by atoms with Crippen LogP contribution in [0.15, 0.2) is 39.8 Å². The molecular formula is C14H14ClNO5S. The Kier molecular flexibility index (Phi) is 4.60. The number of carbonyl (C=O) groups is 1. The van der Waals surface area contributed by atoms with Gasteiger partial charge in [-0.05, 0) is 43.7 Å². The Labute approximate surface area is 132 Å². The fourth-order valence-electron chi connectivity index (χ4n) is 2.05. The normalized spacial score (nSPS) is 13.0. The molecule has 0 amide bonds. The van der Waals surface area contributed by atoms with E-state index in [1.807, 2.05) is 0 Å². The first-order chi connectivity index (χ1) is 10.2. The highest BCUT2D eigenvalue weighted by molar-refractivity contribution is 7.89. The van der Waals surface area contributed by atoms with Gasteiger partial charge in [-0.25, -0.2) is 17.9 Å². The van der Waals surface area contributed by atoms with Crippen LogP contribution >= 0.6 is 11.6 Å². The Morgan fingerprint density at radius 3 is 2.64 bits per heavy atom. The van der Waals surface area contributed by atoms with Gasteiger partial charge < -0.3 is 9.52 Å². The number of sulfonamides is 1. The van der Waals surface area contributed by atoms with Crippen molar-refractivity contribution >= 4 is 27.6 Å². The van der Waals surface area contributed by atoms with E-state index in [1.165, 1.54) is 25.3 Å². The summed E-state index contributed by atoms with van der Waals surface area (Å²) < 4.78 is 32.5. The maximum absolute atomic E-state index is 12.5. The molecule has 1 aromatic heterocycles. The van der Waals surface area contributed by atoms with Gasteiger partial charge in [-0.2, -0.15) is 0 Å². The molecule has 6 nitrogen and oxygen atoms in total. The summed E-state index contributed by atoms with van der Waals surface area (Å²) in [4.78, 5) is 11.0. The van der Waals surface area contributed by atoms with Crippen LogP contribution < -0.4 is 4.72 Å². The van der Waals surface area contributed by atoms with Crippen molar-refractivity contribution in [2.24, 2.45) is 0 Å². The highest BCUT2D eigenvalue weighted by Gasteiger charge is 2.25. The second-order valence-electron chi connectivity index (χ2n) is 4.74. The van der Waals surface area contributed by atoms with Crippen molar-refractivity contribution in [2.45, 2.75) is 24.8 Å². The molecule has 0 spiro atoms. The molecule has 0 saturated carbocycles. The maximum Gasteiger partial charge on any atom is 0.336 e. The molecule has 2 N–H and O–H groups in total. The molecular weight excluding hydrogens is 330 g/mol. The van der Waals surface area contributed by atoms with Gasteiger partial charge in [0.15, 0.2) is 0 Å². The molecule has 0 aliphatic carbocycles. The zero-order chi connectivity index (χ0) is 16.5. The van der Waals surface area contributed by atoms with Gasteiger partial charge in [0.1, 0.15) is 5.76 Å². The van der Waals surface area contributed by atoms with Gasteiger partial charge in [-0.15, -0.1) is 0 Å². The van der Waals surface area contributed by atoms with Crippen LogP contribution in [0.1, 0.15) is 34.6 Å². The van der Waals surface area contributed by atoms with Gasteiger partial charge in [0.05, 0.1) is 22.8 Å². The number of hydrogen-bond donors (Lipinski definition) is 2. The number of halogens is 1. The maximum atomic E-state index is 12.5. The lowest BCUT2D eigenvalue weighted by atomic mass is 10.1. The summed E-state index contributed by atoms with van der Waals surface area (Å²) in [7, 11) is -3.95. The molecule has 1 heterocycles. The lowest BCUT2D eigenvalue weighted by Gasteiger charge is -2.15. The first-order valence-corrected chi connectivity index (χ1v) is 8.17. The lowest BCUT2D eigenvalue weighted by molar-refractivity contribution is 0.0696. The Morgan fingerprint density at radius 2 is 2.09 bits per heavy atom. The summed E-state index contributed by atoms with van der Waals surface area (Å²) in [5.41, 5.74) is -0.0328. The van der Waals surface area contributed by atoms with Crippen LogP contribution in [-0.2, 0) is 10.0 Å². The van der Waals surface area contributed by atoms with Crippen molar-refractivity contribution in [1.82, 2.24) is 4.72 Å². The smallest absolute Gasteiger partial charge is 0.336 e. The van der Waals surface area contributed by atoms with E-state index in [-0.39, 0.29) is 21.0 Å². The molecule has 1 unspecified atom stereocenters. The minimum atomic E-state index is -3.95. The third-order valence-electron chi connectivity index (χ3n) is 3.15. The molecule has 22 heavy (non-hydrogen) atoms. The van der Waals surface area contributed by atoms with E-state index in [9.17, 15) is 13.2 Å². The summed E-state index contributed by atoms with van der Waals surface area (Å²) in [5.74, 6) is -0.794. The van der Waals surface area contributed by atoms with Crippen molar-refractivity contribution in [3.63, 3.8) is 0 Å². The van der Waals surface area contributed by atoms with Gasteiger partial charge in [0, 0.05) is 5.02 Å². The van der Waals surface area contributed by atoms with Crippen LogP contribution in [0.5, 0.6) is 0 Å². The topological polar surface area (TPSA) is 96.6 Å². The number of aromatic carboxylic acids is 1. The quantitative estimate of drug-likeness (QED) is 0.869. The second-order valence-corrected chi connectivity index (χ2v) is 6.86. The first-order valence-electron chi connectivity index (χ1n) is 6.31. The van der Waals surface area contributed by atoms with E-state index >= 15 is 0 Å². The molecule has 118 valence electrons. The Bertz CT molecular complexity index is 799. The van der Waals surface area contributed by atoms with Crippen molar-refractivity contribution in [3.8, 4) is 0 Å². The molecule has 2 rings (SSSR count). The van der Waals surface area contributed by atoms with Crippen molar-refractivity contribution in [2.75, 3.05) is 0 Å². The van der Waals surface area contributed by atoms with Crippen LogP contribution in [-0.4, -0.2) is 19.5 Å². The number of nitrogens with one attached hydrogen (secondary N) is 1. The number of carboxylic acid groups (broad SMARTS) is 1. The van der Waals surface area contributed by atoms with Gasteiger partial charge in [-0.1, -0.05) is 11.6 Å². The zero-order valence-corrected chi connectivity index (χ0v) is 13.4. The zero-order valence-electron chi connectivity index (χ0n) is 11.8. The Morgan fingerprint density at radius 1 is 1.41 bits per heavy atom. The molecule has 0 aliphatic heterocycles. The second kappa shape index (κ2) is 6.12. The molecule has 0 bridgehead atoms. The standard InChI is InChI=1S/C14H14ClNO5S/c1-8-11(14(17)18)6-10(15)7-13(8)22(19,20)16-9(2)12-4-3-5-21-12/h3-7,9,16H,1-2H3,(H,17,18). The average Bonchev–Trinajstić information content (AvgIpc) is 2.94. The molecule has 8 heteroatoms. The third kappa shape index (κ3) is 3.32. The first kappa shape index (κ1) is 16.5. The van der Waals surface area contributed by atoms with Gasteiger partial charge in [0.2, 0.25) is 10.0 Å². The predicted octanol–water partition coefficient (Wildman–Crippen LogP) is 2.98. The molecule has 0 radical (unpaired) electrons. The summed E-state index contributed by atoms with van der Waals surface area (Å²) in [6, 6.07) is 5.12. The number of rotatable bonds is 5. The van der Waals surface area contributed by atoms with Crippen LogP contribution in [0.4, 0.5) is 0 Å². The van der Waals surface area contributed by atoms with Crippen molar-refractivity contribution < 1.29 is 22.7 Å². The highest BCUT2D eigenvalue weighted by Crippen LogP contribution is 2.26.